The molecule has 0 unspecified atom stereocenters. The fourth-order valence-corrected chi connectivity index (χ4v) is 6.84. The van der Waals surface area contributed by atoms with Crippen LogP contribution in [0.3, 0.4) is 0 Å². The van der Waals surface area contributed by atoms with E-state index in [1.807, 2.05) is 0 Å². The summed E-state index contributed by atoms with van der Waals surface area (Å²) < 4.78 is 295. The van der Waals surface area contributed by atoms with Crippen molar-refractivity contribution in [2.45, 2.75) is 6.54 Å². The summed E-state index contributed by atoms with van der Waals surface area (Å²) in [4.78, 5) is 0. The summed E-state index contributed by atoms with van der Waals surface area (Å²) >= 11 is 0. The molecule has 6 rings (SSSR count). The number of hydrogen-bond donors (Lipinski definition) is 0. The van der Waals surface area contributed by atoms with Crippen LogP contribution in [0.4, 0.5) is 93.5 Å². The van der Waals surface area contributed by atoms with Gasteiger partial charge in [-0.05, 0) is 12.1 Å². The molecule has 0 spiro atoms. The van der Waals surface area contributed by atoms with Gasteiger partial charge in [-0.1, -0.05) is 48.5 Å². The van der Waals surface area contributed by atoms with Crippen LogP contribution in [0.5, 0.6) is 0 Å². The molecule has 6 aromatic carbocycles. The summed E-state index contributed by atoms with van der Waals surface area (Å²) in [5.41, 5.74) is -11.6. The van der Waals surface area contributed by atoms with Gasteiger partial charge in [0.2, 0.25) is 0 Å². The van der Waals surface area contributed by atoms with Crippen molar-refractivity contribution in [2.24, 2.45) is 0 Å². The second kappa shape index (κ2) is 16.8. The van der Waals surface area contributed by atoms with Gasteiger partial charge in [0.1, 0.15) is 64.9 Å². The second-order valence-corrected chi connectivity index (χ2v) is 13.5. The Bertz CT molecular complexity index is 2310. The van der Waals surface area contributed by atoms with E-state index >= 15 is 35.1 Å². The predicted molar refractivity (Wildman–Crippen MR) is 179 cm³/mol. The van der Waals surface area contributed by atoms with E-state index in [2.05, 4.69) is 74.8 Å². The highest BCUT2D eigenvalue weighted by Crippen LogP contribution is 2.31. The largest absolute Gasteiger partial charge is 0.292 e. The molecule has 0 aliphatic rings. The lowest BCUT2D eigenvalue weighted by Gasteiger charge is -2.44. The van der Waals surface area contributed by atoms with Gasteiger partial charge in [0.25, 0.3) is 0 Å². The third-order valence-corrected chi connectivity index (χ3v) is 9.58. The molecule has 0 heterocycles. The number of quaternary nitrogens is 1. The van der Waals surface area contributed by atoms with E-state index in [-0.39, 0.29) is 0 Å². The van der Waals surface area contributed by atoms with Gasteiger partial charge >= 0.3 is 0 Å². The summed E-state index contributed by atoms with van der Waals surface area (Å²) in [5, 5.41) is 0. The number of benzene rings is 6. The number of nitrogens with zero attached hydrogens (tertiary/aromatic N) is 1. The molecule has 0 amide bonds. The fraction of sp³-hybridized carbons (Fsp3) is 0.0769. The lowest BCUT2D eigenvalue weighted by molar-refractivity contribution is 0.378. The quantitative estimate of drug-likeness (QED) is 0.0494. The Kier molecular flexibility index (Phi) is 12.7. The van der Waals surface area contributed by atoms with Crippen molar-refractivity contribution >= 4 is 33.7 Å². The van der Waals surface area contributed by atoms with Crippen molar-refractivity contribution in [3.05, 3.63) is 183 Å². The van der Waals surface area contributed by atoms with Crippen LogP contribution in [0.15, 0.2) is 60.7 Å². The first kappa shape index (κ1) is 46.0. The van der Waals surface area contributed by atoms with E-state index in [0.717, 1.165) is 11.0 Å². The van der Waals surface area contributed by atoms with Crippen molar-refractivity contribution in [1.82, 2.24) is 4.48 Å². The molecule has 0 atom stereocenters. The number of rotatable bonds is 7. The summed E-state index contributed by atoms with van der Waals surface area (Å²) in [5.74, 6) is -71.4. The fourth-order valence-electron chi connectivity index (χ4n) is 6.84. The zero-order valence-electron chi connectivity index (χ0n) is 30.1. The summed E-state index contributed by atoms with van der Waals surface area (Å²) in [6.07, 6.45) is -7.22. The molecule has 0 radical (unpaired) electrons. The molecule has 0 N–H and O–H groups in total. The van der Waals surface area contributed by atoms with Crippen molar-refractivity contribution in [1.29, 1.82) is 0 Å². The van der Waals surface area contributed by atoms with E-state index < -0.39 is 144 Å². The highest BCUT2D eigenvalue weighted by atomic mass is 19.2. The highest BCUT2D eigenvalue weighted by molar-refractivity contribution is 7.20. The molecule has 0 aliphatic carbocycles. The Morgan fingerprint density at radius 1 is 0.295 bits per heavy atom. The van der Waals surface area contributed by atoms with E-state index in [9.17, 15) is 52.7 Å². The summed E-state index contributed by atoms with van der Waals surface area (Å²) in [6.45, 7) is 1.02. The van der Waals surface area contributed by atoms with Crippen molar-refractivity contribution < 1.29 is 87.8 Å². The van der Waals surface area contributed by atoms with Crippen molar-refractivity contribution in [2.75, 3.05) is 14.1 Å². The lowest BCUT2D eigenvalue weighted by atomic mass is 9.12. The number of para-hydroxylation sites is 1. The van der Waals surface area contributed by atoms with Gasteiger partial charge < -0.3 is 0 Å². The maximum atomic E-state index is 15.4. The second-order valence-electron chi connectivity index (χ2n) is 13.5. The van der Waals surface area contributed by atoms with Crippen LogP contribution >= 0.6 is 0 Å². The van der Waals surface area contributed by atoms with Crippen molar-refractivity contribution in [3.63, 3.8) is 0 Å². The molecule has 0 fully saturated rings. The summed E-state index contributed by atoms with van der Waals surface area (Å²) in [6, 6.07) is 21.2. The van der Waals surface area contributed by atoms with Crippen LogP contribution in [-0.2, 0) is 6.54 Å². The third kappa shape index (κ3) is 7.33. The normalized spacial score (nSPS) is 11.8. The lowest BCUT2D eigenvalue weighted by Crippen LogP contribution is -2.81. The number of hydrogen-bond acceptors (Lipinski definition) is 0. The smallest absolute Gasteiger partial charge is 0.200 e. The molecule has 0 aliphatic heterocycles. The van der Waals surface area contributed by atoms with Crippen LogP contribution in [-0.4, -0.2) is 20.2 Å². The Balaban J connectivity index is 0.000000366. The predicted octanol–water partition coefficient (Wildman–Crippen LogP) is 9.30. The highest BCUT2D eigenvalue weighted by Gasteiger charge is 2.52. The van der Waals surface area contributed by atoms with Crippen LogP contribution in [0, 0.1) is 116 Å². The SMILES string of the molecule is C[N+](C)(Cc1ccccc1)c1ccccc1.Fc1c(F)c(F)c([B-](c2c(F)c(F)c(F)c(F)c2F)(c2c(F)c(F)c(F)c(F)c2F)c2c(F)c(F)c(F)c(F)c2F)c(F)c1F. The Hall–Kier alpha value is -6.06. The summed E-state index contributed by atoms with van der Waals surface area (Å²) in [7, 11) is 4.48. The molecule has 0 saturated carbocycles. The third-order valence-electron chi connectivity index (χ3n) is 9.58. The van der Waals surface area contributed by atoms with Gasteiger partial charge in [0.15, 0.2) is 69.8 Å². The first-order valence-corrected chi connectivity index (χ1v) is 16.5. The maximum absolute atomic E-state index is 15.4. The molecule has 22 heteroatoms. The Labute approximate surface area is 329 Å². The average Bonchev–Trinajstić information content (AvgIpc) is 3.24. The Morgan fingerprint density at radius 2 is 0.492 bits per heavy atom. The van der Waals surface area contributed by atoms with Crippen LogP contribution in [0.2, 0.25) is 0 Å². The standard InChI is InChI=1S/C24BF20.C15H18N/c26-5-1(6(27)14(35)21(42)13(5)34)25(2-7(28)15(36)22(43)16(37)8(2)29,3-9(30)17(38)23(44)18(39)10(3)31)4-11(32)19(40)24(45)20(41)12(4)33;1-16(2,15-11-7-4-8-12-15)13-14-9-5-3-6-10-14/h;3-12H,13H2,1-2H3/q-1;+1. The Morgan fingerprint density at radius 3 is 0.721 bits per heavy atom. The van der Waals surface area contributed by atoms with Gasteiger partial charge in [0.05, 0.1) is 14.1 Å². The van der Waals surface area contributed by atoms with Gasteiger partial charge in [-0.2, -0.15) is 0 Å². The van der Waals surface area contributed by atoms with Gasteiger partial charge in [-0.3, -0.25) is 4.48 Å². The maximum Gasteiger partial charge on any atom is 0.200 e. The van der Waals surface area contributed by atoms with Gasteiger partial charge in [0, 0.05) is 5.56 Å². The molecular weight excluding hydrogens is 873 g/mol. The minimum Gasteiger partial charge on any atom is -0.292 e. The van der Waals surface area contributed by atoms with Crippen molar-refractivity contribution in [3.8, 4) is 0 Å². The molecule has 322 valence electrons. The minimum atomic E-state index is -7.22. The molecular formula is C39H18BF20N. The molecule has 0 bridgehead atoms. The minimum absolute atomic E-state index is 0.880. The molecule has 0 aromatic heterocycles. The zero-order valence-corrected chi connectivity index (χ0v) is 30.1. The first-order chi connectivity index (χ1) is 28.4. The molecule has 6 aromatic rings. The molecule has 61 heavy (non-hydrogen) atoms. The van der Waals surface area contributed by atoms with E-state index in [1.165, 1.54) is 11.3 Å². The number of halogens is 20. The van der Waals surface area contributed by atoms with Crippen LogP contribution < -0.4 is 26.3 Å². The molecule has 0 saturated heterocycles. The van der Waals surface area contributed by atoms with E-state index in [1.54, 1.807) is 0 Å². The van der Waals surface area contributed by atoms with E-state index in [0.29, 0.717) is 0 Å². The van der Waals surface area contributed by atoms with Crippen LogP contribution in [0.25, 0.3) is 0 Å². The topological polar surface area (TPSA) is 0 Å². The van der Waals surface area contributed by atoms with E-state index in [4.69, 9.17) is 0 Å². The first-order valence-electron chi connectivity index (χ1n) is 16.5. The zero-order chi connectivity index (χ0) is 45.8. The average molecular weight is 891 g/mol. The molecule has 1 nitrogen and oxygen atoms in total. The monoisotopic (exact) mass is 891 g/mol. The van der Waals surface area contributed by atoms with Gasteiger partial charge in [-0.25, -0.2) is 87.8 Å². The van der Waals surface area contributed by atoms with Gasteiger partial charge in [-0.15, -0.1) is 21.9 Å². The van der Waals surface area contributed by atoms with Crippen LogP contribution in [0.1, 0.15) is 5.56 Å².